The summed E-state index contributed by atoms with van der Waals surface area (Å²) in [5.41, 5.74) is 3.04. The van der Waals surface area contributed by atoms with Gasteiger partial charge >= 0.3 is 0 Å². The number of nitrogens with zero attached hydrogens (tertiary/aromatic N) is 2. The van der Waals surface area contributed by atoms with E-state index in [1.165, 1.54) is 5.69 Å². The molecule has 0 radical (unpaired) electrons. The largest absolute Gasteiger partial charge is 0.369 e. The number of amides is 1. The Hall–Kier alpha value is -1.66. The van der Waals surface area contributed by atoms with Gasteiger partial charge in [0.25, 0.3) is 5.91 Å². The average Bonchev–Trinajstić information content (AvgIpc) is 3.21. The first-order chi connectivity index (χ1) is 14.1. The third-order valence-corrected chi connectivity index (χ3v) is 7.13. The van der Waals surface area contributed by atoms with Crippen molar-refractivity contribution in [2.45, 2.75) is 12.5 Å². The lowest BCUT2D eigenvalue weighted by Gasteiger charge is -2.29. The summed E-state index contributed by atoms with van der Waals surface area (Å²) < 4.78 is 0. The van der Waals surface area contributed by atoms with Crippen LogP contribution < -0.4 is 15.1 Å². The van der Waals surface area contributed by atoms with Crippen LogP contribution in [0.4, 0.5) is 11.4 Å². The number of anilines is 2. The van der Waals surface area contributed by atoms with E-state index in [0.717, 1.165) is 41.4 Å². The second-order valence-electron chi connectivity index (χ2n) is 7.19. The smallest absolute Gasteiger partial charge is 0.264 e. The molecule has 2 fully saturated rings. The van der Waals surface area contributed by atoms with E-state index < -0.39 is 0 Å². The van der Waals surface area contributed by atoms with Crippen LogP contribution in [0.3, 0.4) is 0 Å². The van der Waals surface area contributed by atoms with E-state index in [9.17, 15) is 4.79 Å². The molecule has 2 heterocycles. The van der Waals surface area contributed by atoms with Crippen molar-refractivity contribution in [3.05, 3.63) is 63.0 Å². The highest BCUT2D eigenvalue weighted by atomic mass is 35.5. The number of benzene rings is 2. The van der Waals surface area contributed by atoms with Gasteiger partial charge in [0.2, 0.25) is 0 Å². The number of likely N-dealkylation sites (N-methyl/N-ethyl adjacent to an activating group) is 1. The highest BCUT2D eigenvalue weighted by Gasteiger charge is 2.27. The number of halogens is 2. The number of thioether (sulfide) groups is 1. The van der Waals surface area contributed by atoms with Crippen molar-refractivity contribution >= 4 is 58.3 Å². The second-order valence-corrected chi connectivity index (χ2v) is 9.14. The van der Waals surface area contributed by atoms with E-state index in [0.29, 0.717) is 22.6 Å². The van der Waals surface area contributed by atoms with Gasteiger partial charge in [0.15, 0.2) is 0 Å². The summed E-state index contributed by atoms with van der Waals surface area (Å²) in [7, 11) is 2.01. The van der Waals surface area contributed by atoms with E-state index >= 15 is 0 Å². The molecule has 2 aromatic carbocycles. The molecule has 0 aliphatic carbocycles. The van der Waals surface area contributed by atoms with Gasteiger partial charge in [0.1, 0.15) is 0 Å². The lowest BCUT2D eigenvalue weighted by Crippen LogP contribution is -2.37. The van der Waals surface area contributed by atoms with Crippen molar-refractivity contribution in [2.75, 3.05) is 42.2 Å². The Morgan fingerprint density at radius 1 is 1.14 bits per heavy atom. The van der Waals surface area contributed by atoms with Gasteiger partial charge in [-0.25, -0.2) is 0 Å². The number of hydrogen-bond donors (Lipinski definition) is 1. The van der Waals surface area contributed by atoms with Gasteiger partial charge in [-0.05, 0) is 49.4 Å². The number of carbonyl (C=O) groups is 1. The van der Waals surface area contributed by atoms with Crippen molar-refractivity contribution in [3.8, 4) is 0 Å². The molecule has 0 unspecified atom stereocenters. The minimum absolute atomic E-state index is 0.00367. The molecule has 1 amide bonds. The molecule has 2 saturated heterocycles. The average molecular weight is 448 g/mol. The second kappa shape index (κ2) is 9.00. The van der Waals surface area contributed by atoms with Gasteiger partial charge in [-0.2, -0.15) is 0 Å². The Labute approximate surface area is 185 Å². The van der Waals surface area contributed by atoms with Gasteiger partial charge in [-0.15, -0.1) is 11.8 Å². The van der Waals surface area contributed by atoms with Crippen LogP contribution in [0.2, 0.25) is 10.0 Å². The zero-order valence-electron chi connectivity index (χ0n) is 16.2. The molecule has 2 aliphatic heterocycles. The molecule has 1 N–H and O–H groups in total. The minimum Gasteiger partial charge on any atom is -0.369 e. The molecule has 0 aromatic heterocycles. The quantitative estimate of drug-likeness (QED) is 0.675. The molecule has 4 nitrogen and oxygen atoms in total. The van der Waals surface area contributed by atoms with Crippen LogP contribution in [0.15, 0.2) is 47.4 Å². The fourth-order valence-corrected chi connectivity index (χ4v) is 5.03. The summed E-state index contributed by atoms with van der Waals surface area (Å²) >= 11 is 13.8. The lowest BCUT2D eigenvalue weighted by atomic mass is 10.1. The third-order valence-electron chi connectivity index (χ3n) is 5.40. The van der Waals surface area contributed by atoms with E-state index in [4.69, 9.17) is 23.2 Å². The summed E-state index contributed by atoms with van der Waals surface area (Å²) in [6.07, 6.45) is 3.15. The standard InChI is InChI=1S/C22H23Cl2N3OS/c1-25-16-8-9-26(14-16)20-5-3-2-4-15(20)12-21-22(28)27(10-11-29-21)17-6-7-18(23)19(24)13-17/h2-7,12-13,16,25H,8-11,14H2,1H3/t16-/m0/s1. The van der Waals surface area contributed by atoms with Crippen molar-refractivity contribution in [1.29, 1.82) is 0 Å². The van der Waals surface area contributed by atoms with Crippen molar-refractivity contribution in [1.82, 2.24) is 5.32 Å². The first-order valence-electron chi connectivity index (χ1n) is 9.69. The summed E-state index contributed by atoms with van der Waals surface area (Å²) in [6, 6.07) is 14.1. The van der Waals surface area contributed by atoms with E-state index in [1.807, 2.05) is 25.3 Å². The maximum absolute atomic E-state index is 13.2. The number of nitrogens with one attached hydrogen (secondary N) is 1. The van der Waals surface area contributed by atoms with Crippen molar-refractivity contribution in [3.63, 3.8) is 0 Å². The van der Waals surface area contributed by atoms with Gasteiger partial charge in [-0.3, -0.25) is 4.79 Å². The Bertz CT molecular complexity index is 949. The highest BCUT2D eigenvalue weighted by molar-refractivity contribution is 8.04. The van der Waals surface area contributed by atoms with Crippen molar-refractivity contribution < 1.29 is 4.79 Å². The normalized spacial score (nSPS) is 21.3. The first-order valence-corrected chi connectivity index (χ1v) is 11.4. The molecule has 7 heteroatoms. The van der Waals surface area contributed by atoms with Crippen LogP contribution in [0, 0.1) is 0 Å². The molecule has 4 rings (SSSR count). The molecular formula is C22H23Cl2N3OS. The molecule has 29 heavy (non-hydrogen) atoms. The summed E-state index contributed by atoms with van der Waals surface area (Å²) in [5.74, 6) is 0.842. The van der Waals surface area contributed by atoms with Gasteiger partial charge < -0.3 is 15.1 Å². The Balaban J connectivity index is 1.61. The predicted molar refractivity (Wildman–Crippen MR) is 125 cm³/mol. The van der Waals surface area contributed by atoms with Gasteiger partial charge in [-0.1, -0.05) is 41.4 Å². The zero-order chi connectivity index (χ0) is 20.4. The van der Waals surface area contributed by atoms with Gasteiger partial charge in [0.05, 0.1) is 15.0 Å². The summed E-state index contributed by atoms with van der Waals surface area (Å²) in [5, 5.41) is 4.31. The molecule has 2 aromatic rings. The maximum atomic E-state index is 13.2. The van der Waals surface area contributed by atoms with E-state index in [1.54, 1.807) is 28.8 Å². The number of carbonyl (C=O) groups excluding carboxylic acids is 1. The van der Waals surface area contributed by atoms with Crippen molar-refractivity contribution in [2.24, 2.45) is 0 Å². The first kappa shape index (κ1) is 20.6. The van der Waals surface area contributed by atoms with Crippen LogP contribution in [-0.2, 0) is 4.79 Å². The van der Waals surface area contributed by atoms with Crippen LogP contribution >= 0.6 is 35.0 Å². The zero-order valence-corrected chi connectivity index (χ0v) is 18.5. The van der Waals surface area contributed by atoms with Gasteiger partial charge in [0, 0.05) is 42.8 Å². The minimum atomic E-state index is 0.00367. The Kier molecular flexibility index (Phi) is 6.40. The molecular weight excluding hydrogens is 425 g/mol. The molecule has 0 spiro atoms. The number of rotatable bonds is 4. The lowest BCUT2D eigenvalue weighted by molar-refractivity contribution is -0.114. The number of hydrogen-bond acceptors (Lipinski definition) is 4. The summed E-state index contributed by atoms with van der Waals surface area (Å²) in [4.78, 5) is 18.1. The Morgan fingerprint density at radius 2 is 1.97 bits per heavy atom. The third kappa shape index (κ3) is 4.43. The van der Waals surface area contributed by atoms with E-state index in [2.05, 4.69) is 28.4 Å². The molecule has 0 bridgehead atoms. The van der Waals surface area contributed by atoms with Crippen LogP contribution in [0.25, 0.3) is 6.08 Å². The Morgan fingerprint density at radius 3 is 2.72 bits per heavy atom. The SMILES string of the molecule is CN[C@H]1CCN(c2ccccc2C=C2SCCN(c3ccc(Cl)c(Cl)c3)C2=O)C1. The highest BCUT2D eigenvalue weighted by Crippen LogP contribution is 2.34. The molecule has 2 aliphatic rings. The predicted octanol–water partition coefficient (Wildman–Crippen LogP) is 4.91. The van der Waals surface area contributed by atoms with Crippen LogP contribution in [-0.4, -0.2) is 44.4 Å². The fraction of sp³-hybridized carbons (Fsp3) is 0.318. The molecule has 0 saturated carbocycles. The maximum Gasteiger partial charge on any atom is 0.264 e. The number of para-hydroxylation sites is 1. The monoisotopic (exact) mass is 447 g/mol. The van der Waals surface area contributed by atoms with Crippen LogP contribution in [0.1, 0.15) is 12.0 Å². The molecule has 1 atom stereocenters. The molecule has 152 valence electrons. The fourth-order valence-electron chi connectivity index (χ4n) is 3.80. The topological polar surface area (TPSA) is 35.6 Å². The summed E-state index contributed by atoms with van der Waals surface area (Å²) in [6.45, 7) is 2.64. The van der Waals surface area contributed by atoms with E-state index in [-0.39, 0.29) is 5.91 Å². The van der Waals surface area contributed by atoms with Crippen LogP contribution in [0.5, 0.6) is 0 Å².